The molecule has 3 heteroatoms. The molecule has 0 aromatic heterocycles. The van der Waals surface area contributed by atoms with Crippen molar-refractivity contribution in [1.29, 1.82) is 0 Å². The first-order valence-corrected chi connectivity index (χ1v) is 4.47. The number of nitrogens with zero attached hydrogens (tertiary/aromatic N) is 1. The van der Waals surface area contributed by atoms with E-state index in [9.17, 15) is 10.0 Å². The molecule has 1 N–H and O–H groups in total. The van der Waals surface area contributed by atoms with E-state index in [1.165, 1.54) is 12.5 Å². The van der Waals surface area contributed by atoms with Crippen molar-refractivity contribution in [3.63, 3.8) is 0 Å². The van der Waals surface area contributed by atoms with Gasteiger partial charge in [0.15, 0.2) is 0 Å². The minimum Gasteiger partial charge on any atom is -0.285 e. The Labute approximate surface area is 71.6 Å². The molecule has 1 aliphatic heterocycles. The molecule has 1 amide bonds. The van der Waals surface area contributed by atoms with Crippen LogP contribution in [0.4, 0.5) is 0 Å². The number of carbonyl (C=O) groups is 1. The molecular formula is C9H13NO2. The highest BCUT2D eigenvalue weighted by molar-refractivity contribution is 5.90. The zero-order valence-electron chi connectivity index (χ0n) is 6.99. The van der Waals surface area contributed by atoms with Crippen LogP contribution in [0.25, 0.3) is 0 Å². The highest BCUT2D eigenvalue weighted by atomic mass is 16.5. The maximum absolute atomic E-state index is 11.0. The molecule has 12 heavy (non-hydrogen) atoms. The van der Waals surface area contributed by atoms with Crippen molar-refractivity contribution >= 4 is 5.91 Å². The molecule has 0 saturated heterocycles. The SMILES string of the molecule is O=C1C=CC2(CCCCC2)N1O. The van der Waals surface area contributed by atoms with Crippen molar-refractivity contribution in [3.8, 4) is 0 Å². The molecule has 0 aromatic carbocycles. The van der Waals surface area contributed by atoms with Gasteiger partial charge in [-0.15, -0.1) is 0 Å². The summed E-state index contributed by atoms with van der Waals surface area (Å²) in [5.74, 6) is -0.267. The van der Waals surface area contributed by atoms with Crippen molar-refractivity contribution in [1.82, 2.24) is 5.06 Å². The second kappa shape index (κ2) is 2.59. The minimum absolute atomic E-state index is 0.267. The number of amides is 1. The van der Waals surface area contributed by atoms with Crippen LogP contribution in [-0.4, -0.2) is 21.7 Å². The Bertz CT molecular complexity index is 229. The molecular weight excluding hydrogens is 154 g/mol. The van der Waals surface area contributed by atoms with Gasteiger partial charge in [-0.1, -0.05) is 25.3 Å². The summed E-state index contributed by atoms with van der Waals surface area (Å²) >= 11 is 0. The Hall–Kier alpha value is -0.830. The average molecular weight is 167 g/mol. The third-order valence-electron chi connectivity index (χ3n) is 2.89. The second-order valence-corrected chi connectivity index (χ2v) is 3.65. The molecule has 1 saturated carbocycles. The standard InChI is InChI=1S/C9H13NO2/c11-8-4-7-9(10(8)12)5-2-1-3-6-9/h4,7,12H,1-3,5-6H2. The van der Waals surface area contributed by atoms with Gasteiger partial charge < -0.3 is 0 Å². The van der Waals surface area contributed by atoms with Crippen LogP contribution < -0.4 is 0 Å². The lowest BCUT2D eigenvalue weighted by Gasteiger charge is -2.36. The molecule has 0 atom stereocenters. The summed E-state index contributed by atoms with van der Waals surface area (Å²) < 4.78 is 0. The predicted octanol–water partition coefficient (Wildman–Crippen LogP) is 1.48. The summed E-state index contributed by atoms with van der Waals surface area (Å²) in [6.45, 7) is 0. The van der Waals surface area contributed by atoms with Crippen LogP contribution in [0.1, 0.15) is 32.1 Å². The maximum Gasteiger partial charge on any atom is 0.270 e. The average Bonchev–Trinajstić information content (AvgIpc) is 2.37. The molecule has 0 radical (unpaired) electrons. The Morgan fingerprint density at radius 3 is 2.50 bits per heavy atom. The van der Waals surface area contributed by atoms with E-state index in [4.69, 9.17) is 0 Å². The summed E-state index contributed by atoms with van der Waals surface area (Å²) in [4.78, 5) is 11.0. The lowest BCUT2D eigenvalue weighted by atomic mass is 9.82. The lowest BCUT2D eigenvalue weighted by molar-refractivity contribution is -0.180. The molecule has 1 heterocycles. The lowest BCUT2D eigenvalue weighted by Crippen LogP contribution is -2.45. The highest BCUT2D eigenvalue weighted by Crippen LogP contribution is 2.36. The van der Waals surface area contributed by atoms with Crippen molar-refractivity contribution < 1.29 is 10.0 Å². The van der Waals surface area contributed by atoms with Gasteiger partial charge in [0, 0.05) is 6.08 Å². The number of carbonyl (C=O) groups excluding carboxylic acids is 1. The Kier molecular flexibility index (Phi) is 1.68. The van der Waals surface area contributed by atoms with Gasteiger partial charge in [0.05, 0.1) is 5.54 Å². The molecule has 1 fully saturated rings. The zero-order chi connectivity index (χ0) is 8.60. The maximum atomic E-state index is 11.0. The van der Waals surface area contributed by atoms with E-state index in [0.29, 0.717) is 0 Å². The van der Waals surface area contributed by atoms with Gasteiger partial charge in [0.2, 0.25) is 0 Å². The Morgan fingerprint density at radius 2 is 2.00 bits per heavy atom. The summed E-state index contributed by atoms with van der Waals surface area (Å²) in [7, 11) is 0. The van der Waals surface area contributed by atoms with E-state index in [-0.39, 0.29) is 11.4 Å². The molecule has 2 rings (SSSR count). The summed E-state index contributed by atoms with van der Waals surface area (Å²) in [6, 6.07) is 0. The normalized spacial score (nSPS) is 27.1. The quantitative estimate of drug-likeness (QED) is 0.555. The van der Waals surface area contributed by atoms with E-state index in [1.807, 2.05) is 6.08 Å². The van der Waals surface area contributed by atoms with Crippen LogP contribution in [0.2, 0.25) is 0 Å². The molecule has 2 aliphatic rings. The van der Waals surface area contributed by atoms with Gasteiger partial charge in [0.1, 0.15) is 0 Å². The number of rotatable bonds is 0. The van der Waals surface area contributed by atoms with Gasteiger partial charge in [-0.05, 0) is 12.8 Å². The fourth-order valence-corrected chi connectivity index (χ4v) is 2.13. The van der Waals surface area contributed by atoms with Gasteiger partial charge in [0.25, 0.3) is 5.91 Å². The van der Waals surface area contributed by atoms with Crippen LogP contribution in [-0.2, 0) is 4.79 Å². The van der Waals surface area contributed by atoms with Crippen LogP contribution in [0.3, 0.4) is 0 Å². The highest BCUT2D eigenvalue weighted by Gasteiger charge is 2.41. The third-order valence-corrected chi connectivity index (χ3v) is 2.89. The van der Waals surface area contributed by atoms with Crippen LogP contribution in [0.15, 0.2) is 12.2 Å². The van der Waals surface area contributed by atoms with Crippen LogP contribution in [0.5, 0.6) is 0 Å². The Balaban J connectivity index is 2.20. The van der Waals surface area contributed by atoms with Gasteiger partial charge in [-0.2, -0.15) is 0 Å². The van der Waals surface area contributed by atoms with Crippen molar-refractivity contribution in [2.75, 3.05) is 0 Å². The van der Waals surface area contributed by atoms with Gasteiger partial charge >= 0.3 is 0 Å². The molecule has 0 bridgehead atoms. The van der Waals surface area contributed by atoms with Crippen molar-refractivity contribution in [2.45, 2.75) is 37.6 Å². The number of hydrogen-bond acceptors (Lipinski definition) is 2. The van der Waals surface area contributed by atoms with E-state index in [0.717, 1.165) is 30.7 Å². The molecule has 66 valence electrons. The van der Waals surface area contributed by atoms with Crippen molar-refractivity contribution in [2.24, 2.45) is 0 Å². The number of hydrogen-bond donors (Lipinski definition) is 1. The summed E-state index contributed by atoms with van der Waals surface area (Å²) in [5, 5.41) is 10.4. The topological polar surface area (TPSA) is 40.5 Å². The number of hydroxylamine groups is 2. The van der Waals surface area contributed by atoms with Crippen molar-refractivity contribution in [3.05, 3.63) is 12.2 Å². The first-order chi connectivity index (χ1) is 5.75. The van der Waals surface area contributed by atoms with Crippen LogP contribution >= 0.6 is 0 Å². The fourth-order valence-electron chi connectivity index (χ4n) is 2.13. The first kappa shape index (κ1) is 7.80. The predicted molar refractivity (Wildman–Crippen MR) is 43.6 cm³/mol. The molecule has 0 aromatic rings. The van der Waals surface area contributed by atoms with E-state index in [1.54, 1.807) is 0 Å². The first-order valence-electron chi connectivity index (χ1n) is 4.47. The zero-order valence-corrected chi connectivity index (χ0v) is 6.99. The smallest absolute Gasteiger partial charge is 0.270 e. The van der Waals surface area contributed by atoms with E-state index >= 15 is 0 Å². The van der Waals surface area contributed by atoms with Gasteiger partial charge in [-0.3, -0.25) is 10.0 Å². The molecule has 1 spiro atoms. The molecule has 3 nitrogen and oxygen atoms in total. The summed E-state index contributed by atoms with van der Waals surface area (Å²) in [6.07, 6.45) is 8.58. The third kappa shape index (κ3) is 0.966. The fraction of sp³-hybridized carbons (Fsp3) is 0.667. The Morgan fingerprint density at radius 1 is 1.33 bits per heavy atom. The van der Waals surface area contributed by atoms with E-state index in [2.05, 4.69) is 0 Å². The van der Waals surface area contributed by atoms with Crippen LogP contribution in [0, 0.1) is 0 Å². The monoisotopic (exact) mass is 167 g/mol. The molecule has 0 unspecified atom stereocenters. The van der Waals surface area contributed by atoms with E-state index < -0.39 is 0 Å². The largest absolute Gasteiger partial charge is 0.285 e. The van der Waals surface area contributed by atoms with Gasteiger partial charge in [-0.25, -0.2) is 5.06 Å². The minimum atomic E-state index is -0.338. The summed E-state index contributed by atoms with van der Waals surface area (Å²) in [5.41, 5.74) is -0.338. The second-order valence-electron chi connectivity index (χ2n) is 3.65. The molecule has 1 aliphatic carbocycles.